The quantitative estimate of drug-likeness (QED) is 0.0741. The highest BCUT2D eigenvalue weighted by Gasteiger charge is 2.38. The topological polar surface area (TPSA) is 178 Å². The van der Waals surface area contributed by atoms with Gasteiger partial charge in [0, 0.05) is 80.9 Å². The van der Waals surface area contributed by atoms with Gasteiger partial charge in [-0.15, -0.1) is 5.06 Å². The third-order valence-electron chi connectivity index (χ3n) is 12.7. The summed E-state index contributed by atoms with van der Waals surface area (Å²) in [4.78, 5) is 84.1. The summed E-state index contributed by atoms with van der Waals surface area (Å²) in [7, 11) is 4.95. The second kappa shape index (κ2) is 18.9. The summed E-state index contributed by atoms with van der Waals surface area (Å²) in [6.45, 7) is 0.879. The minimum atomic E-state index is -0.740. The number of hydrogen-bond acceptors (Lipinski definition) is 14. The van der Waals surface area contributed by atoms with Gasteiger partial charge in [-0.25, -0.2) is 4.79 Å². The molecule has 352 valence electrons. The Morgan fingerprint density at radius 1 is 0.652 bits per heavy atom. The molecule has 0 saturated carbocycles. The number of likely N-dealkylation sites (N-methyl/N-ethyl adjacent to an activating group) is 1. The Morgan fingerprint density at radius 3 is 1.67 bits per heavy atom. The van der Waals surface area contributed by atoms with Gasteiger partial charge in [-0.05, 0) is 64.7 Å². The van der Waals surface area contributed by atoms with Gasteiger partial charge in [0.25, 0.3) is 23.6 Å². The molecule has 0 aromatic heterocycles. The zero-order chi connectivity index (χ0) is 47.8. The number of nitrogens with zero attached hydrogens (tertiary/aromatic N) is 6. The molecule has 5 aliphatic rings. The molecule has 5 heterocycles. The van der Waals surface area contributed by atoms with Crippen molar-refractivity contribution in [2.45, 2.75) is 57.4 Å². The van der Waals surface area contributed by atoms with Crippen molar-refractivity contribution in [1.82, 2.24) is 5.06 Å². The molecule has 4 amide bonds. The van der Waals surface area contributed by atoms with Gasteiger partial charge in [0.1, 0.15) is 13.2 Å². The summed E-state index contributed by atoms with van der Waals surface area (Å²) in [6, 6.07) is 28.0. The van der Waals surface area contributed by atoms with Gasteiger partial charge in [-0.3, -0.25) is 39.0 Å². The zero-order valence-corrected chi connectivity index (χ0v) is 38.2. The van der Waals surface area contributed by atoms with Gasteiger partial charge in [0.2, 0.25) is 0 Å². The van der Waals surface area contributed by atoms with Crippen LogP contribution >= 0.6 is 0 Å². The summed E-state index contributed by atoms with van der Waals surface area (Å²) < 4.78 is 30.2. The van der Waals surface area contributed by atoms with Gasteiger partial charge in [0.15, 0.2) is 23.0 Å². The molecule has 17 heteroatoms. The molecule has 0 aliphatic carbocycles. The Hall–Kier alpha value is -8.05. The van der Waals surface area contributed by atoms with Gasteiger partial charge >= 0.3 is 5.97 Å². The summed E-state index contributed by atoms with van der Waals surface area (Å²) >= 11 is 0. The molecular weight excluding hydrogens is 885 g/mol. The predicted octanol–water partition coefficient (Wildman–Crippen LogP) is 6.89. The second-order valence-electron chi connectivity index (χ2n) is 17.2. The van der Waals surface area contributed by atoms with Crippen LogP contribution < -0.4 is 33.6 Å². The van der Waals surface area contributed by atoms with Crippen molar-refractivity contribution in [3.8, 4) is 23.0 Å². The number of aliphatic imine (C=N–C) groups is 2. The average molecular weight is 933 g/mol. The third kappa shape index (κ3) is 8.84. The van der Waals surface area contributed by atoms with Crippen molar-refractivity contribution in [3.63, 3.8) is 0 Å². The maximum atomic E-state index is 14.0. The Morgan fingerprint density at radius 2 is 1.16 bits per heavy atom. The fraction of sp³-hybridized carbons (Fsp3) is 0.288. The second-order valence-corrected chi connectivity index (χ2v) is 17.2. The van der Waals surface area contributed by atoms with E-state index in [9.17, 15) is 24.0 Å². The number of hydroxylamine groups is 2. The highest BCUT2D eigenvalue weighted by atomic mass is 16.7. The first-order valence-corrected chi connectivity index (χ1v) is 22.7. The summed E-state index contributed by atoms with van der Waals surface area (Å²) in [5.41, 5.74) is 8.05. The van der Waals surface area contributed by atoms with E-state index in [-0.39, 0.29) is 69.6 Å². The first kappa shape index (κ1) is 44.8. The van der Waals surface area contributed by atoms with Crippen molar-refractivity contribution in [2.24, 2.45) is 9.98 Å². The minimum absolute atomic E-state index is 0.0138. The van der Waals surface area contributed by atoms with E-state index in [1.807, 2.05) is 91.1 Å². The SMILES string of the molecule is COc1cc2c(cc1OCc1cc(COc3cc4c(cc3OC)C(=O)N3c5ccccc5C[C@H]3C=N4)cc(N(C)CCOCCC(=O)ON3C(=O)CCC3=O)c1)N=C[C@@H]1Cc3ccccc3N1C2=O. The number of fused-ring (bicyclic) bond motifs is 8. The van der Waals surface area contributed by atoms with Crippen LogP contribution in [0, 0.1) is 0 Å². The van der Waals surface area contributed by atoms with Crippen LogP contribution in [0.5, 0.6) is 23.0 Å². The molecule has 1 fully saturated rings. The van der Waals surface area contributed by atoms with Crippen LogP contribution in [-0.4, -0.2) is 100 Å². The maximum absolute atomic E-state index is 14.0. The first-order valence-electron chi connectivity index (χ1n) is 22.7. The molecular formula is C52H48N6O11. The van der Waals surface area contributed by atoms with E-state index in [0.29, 0.717) is 69.9 Å². The summed E-state index contributed by atoms with van der Waals surface area (Å²) in [5, 5.41) is 0.521. The van der Waals surface area contributed by atoms with E-state index in [1.54, 1.807) is 34.1 Å². The predicted molar refractivity (Wildman–Crippen MR) is 255 cm³/mol. The number of hydrogen-bond donors (Lipinski definition) is 0. The lowest BCUT2D eigenvalue weighted by Crippen LogP contribution is -2.37. The number of ether oxygens (including phenoxy) is 5. The molecule has 0 N–H and O–H groups in total. The van der Waals surface area contributed by atoms with Crippen molar-refractivity contribution in [3.05, 3.63) is 124 Å². The number of benzene rings is 5. The Balaban J connectivity index is 0.870. The van der Waals surface area contributed by atoms with E-state index in [0.717, 1.165) is 39.3 Å². The van der Waals surface area contributed by atoms with Crippen molar-refractivity contribution < 1.29 is 52.5 Å². The lowest BCUT2D eigenvalue weighted by atomic mass is 10.1. The number of carbonyl (C=O) groups is 5. The van der Waals surface area contributed by atoms with E-state index in [4.69, 9.17) is 38.5 Å². The van der Waals surface area contributed by atoms with Crippen molar-refractivity contribution in [1.29, 1.82) is 0 Å². The summed E-state index contributed by atoms with van der Waals surface area (Å²) in [5.74, 6) is -0.609. The molecule has 10 rings (SSSR count). The van der Waals surface area contributed by atoms with Crippen LogP contribution in [-0.2, 0) is 50.0 Å². The van der Waals surface area contributed by atoms with Crippen LogP contribution in [0.3, 0.4) is 0 Å². The average Bonchev–Trinajstić information content (AvgIpc) is 3.98. The lowest BCUT2D eigenvalue weighted by Gasteiger charge is -2.23. The lowest BCUT2D eigenvalue weighted by molar-refractivity contribution is -0.198. The molecule has 5 aromatic rings. The van der Waals surface area contributed by atoms with E-state index in [2.05, 4.69) is 0 Å². The van der Waals surface area contributed by atoms with Gasteiger partial charge in [0.05, 0.1) is 68.4 Å². The first-order chi connectivity index (χ1) is 33.6. The Bertz CT molecular complexity index is 2790. The molecule has 0 unspecified atom stereocenters. The largest absolute Gasteiger partial charge is 0.493 e. The summed E-state index contributed by atoms with van der Waals surface area (Å²) in [6.07, 6.45) is 4.84. The molecule has 0 spiro atoms. The number of methoxy groups -OCH3 is 2. The standard InChI is InChI=1S/C52H48N6O11/c1-55(15-17-66-16-14-50(61)69-58-48(59)12-13-49(58)60)35-19-31(29-67-46-25-40-38(23-44(46)64-2)51(62)56-36(27-53-40)21-33-8-4-6-10-42(33)56)18-32(20-35)30-68-47-26-41-39(24-45(47)65-3)52(63)57-37(28-54-41)22-34-9-5-7-11-43(34)57/h4-11,18-20,23-28,36-37H,12-17,21-22,29-30H2,1-3H3/t36-,37-/m0/s1. The molecule has 5 aromatic carbocycles. The monoisotopic (exact) mass is 932 g/mol. The molecule has 0 bridgehead atoms. The van der Waals surface area contributed by atoms with Gasteiger partial charge in [-0.2, -0.15) is 0 Å². The van der Waals surface area contributed by atoms with E-state index >= 15 is 0 Å². The van der Waals surface area contributed by atoms with Crippen LogP contribution in [0.2, 0.25) is 0 Å². The number of imide groups is 1. The molecule has 0 radical (unpaired) electrons. The molecule has 1 saturated heterocycles. The van der Waals surface area contributed by atoms with Crippen LogP contribution in [0.15, 0.2) is 101 Å². The minimum Gasteiger partial charge on any atom is -0.493 e. The number of para-hydroxylation sites is 2. The van der Waals surface area contributed by atoms with Crippen molar-refractivity contribution in [2.75, 3.05) is 55.7 Å². The highest BCUT2D eigenvalue weighted by molar-refractivity contribution is 6.16. The van der Waals surface area contributed by atoms with Gasteiger partial charge in [-0.1, -0.05) is 36.4 Å². The number of anilines is 3. The number of carbonyl (C=O) groups excluding carboxylic acids is 5. The molecule has 2 atom stereocenters. The Labute approximate surface area is 397 Å². The van der Waals surface area contributed by atoms with Crippen LogP contribution in [0.4, 0.5) is 28.4 Å². The number of amides is 4. The van der Waals surface area contributed by atoms with Crippen molar-refractivity contribution >= 4 is 70.5 Å². The molecule has 69 heavy (non-hydrogen) atoms. The van der Waals surface area contributed by atoms with Crippen LogP contribution in [0.1, 0.15) is 62.2 Å². The fourth-order valence-electron chi connectivity index (χ4n) is 9.22. The number of rotatable bonds is 16. The maximum Gasteiger partial charge on any atom is 0.335 e. The van der Waals surface area contributed by atoms with Crippen LogP contribution in [0.25, 0.3) is 0 Å². The smallest absolute Gasteiger partial charge is 0.335 e. The van der Waals surface area contributed by atoms with Gasteiger partial charge < -0.3 is 33.4 Å². The Kier molecular flexibility index (Phi) is 12.3. The molecule has 5 aliphatic heterocycles. The fourth-order valence-corrected chi connectivity index (χ4v) is 9.22. The van der Waals surface area contributed by atoms with E-state index < -0.39 is 17.8 Å². The van der Waals surface area contributed by atoms with E-state index in [1.165, 1.54) is 14.2 Å². The third-order valence-corrected chi connectivity index (χ3v) is 12.7. The zero-order valence-electron chi connectivity index (χ0n) is 38.2. The highest BCUT2D eigenvalue weighted by Crippen LogP contribution is 2.43. The molecule has 17 nitrogen and oxygen atoms in total. The normalized spacial score (nSPS) is 17.3.